The van der Waals surface area contributed by atoms with E-state index < -0.39 is 27.7 Å². The van der Waals surface area contributed by atoms with Gasteiger partial charge in [-0.1, -0.05) is 86.8 Å². The number of aliphatic imine (C=N–C) groups is 1. The number of fused-ring (bicyclic) bond motifs is 2. The van der Waals surface area contributed by atoms with Crippen molar-refractivity contribution >= 4 is 67.2 Å². The largest absolute Gasteiger partial charge is 0.393 e. The van der Waals surface area contributed by atoms with Gasteiger partial charge in [0.25, 0.3) is 27.7 Å². The van der Waals surface area contributed by atoms with Crippen molar-refractivity contribution in [2.24, 2.45) is 10.7 Å². The molecule has 0 bridgehead atoms. The zero-order valence-electron chi connectivity index (χ0n) is 29.5. The third-order valence-electron chi connectivity index (χ3n) is 8.80. The van der Waals surface area contributed by atoms with E-state index in [-0.39, 0.29) is 51.4 Å². The molecule has 0 atom stereocenters. The Morgan fingerprint density at radius 3 is 2.31 bits per heavy atom. The second-order valence-corrected chi connectivity index (χ2v) is 14.7. The average molecular weight is 743 g/mol. The van der Waals surface area contributed by atoms with Crippen molar-refractivity contribution in [1.29, 1.82) is 0 Å². The molecule has 5 rings (SSSR count). The molecule has 0 fully saturated rings. The first kappa shape index (κ1) is 38.0. The van der Waals surface area contributed by atoms with Crippen LogP contribution in [0.1, 0.15) is 72.7 Å². The van der Waals surface area contributed by atoms with Crippen molar-refractivity contribution in [3.8, 4) is 0 Å². The number of anilines is 1. The van der Waals surface area contributed by atoms with Crippen LogP contribution in [0.3, 0.4) is 0 Å². The van der Waals surface area contributed by atoms with Crippen molar-refractivity contribution in [3.05, 3.63) is 112 Å². The Kier molecular flexibility index (Phi) is 12.3. The van der Waals surface area contributed by atoms with Crippen LogP contribution in [0.2, 0.25) is 0 Å². The van der Waals surface area contributed by atoms with Gasteiger partial charge in [0, 0.05) is 30.9 Å². The van der Waals surface area contributed by atoms with E-state index in [1.807, 2.05) is 50.2 Å². The van der Waals surface area contributed by atoms with Gasteiger partial charge in [-0.2, -0.15) is 0 Å². The van der Waals surface area contributed by atoms with Crippen molar-refractivity contribution in [2.45, 2.75) is 57.9 Å². The van der Waals surface area contributed by atoms with E-state index in [1.165, 1.54) is 30.3 Å². The molecule has 52 heavy (non-hydrogen) atoms. The van der Waals surface area contributed by atoms with Crippen LogP contribution in [0.5, 0.6) is 0 Å². The van der Waals surface area contributed by atoms with Crippen molar-refractivity contribution < 1.29 is 22.8 Å². The summed E-state index contributed by atoms with van der Waals surface area (Å²) in [6.45, 7) is 7.21. The van der Waals surface area contributed by atoms with Crippen molar-refractivity contribution in [2.75, 3.05) is 25.1 Å². The molecule has 4 aromatic carbocycles. The highest BCUT2D eigenvalue weighted by Crippen LogP contribution is 2.29. The van der Waals surface area contributed by atoms with Crippen LogP contribution in [-0.2, 0) is 21.4 Å². The van der Waals surface area contributed by atoms with Crippen LogP contribution in [-0.4, -0.2) is 61.4 Å². The van der Waals surface area contributed by atoms with Gasteiger partial charge in [-0.25, -0.2) is 13.1 Å². The minimum atomic E-state index is -4.27. The van der Waals surface area contributed by atoms with Gasteiger partial charge in [0.15, 0.2) is 0 Å². The summed E-state index contributed by atoms with van der Waals surface area (Å²) in [6.07, 6.45) is 3.45. The lowest BCUT2D eigenvalue weighted by molar-refractivity contribution is -0.127. The Morgan fingerprint density at radius 2 is 1.60 bits per heavy atom. The Labute approximate surface area is 309 Å². The molecule has 0 saturated heterocycles. The Bertz CT molecular complexity index is 2160. The van der Waals surface area contributed by atoms with Gasteiger partial charge >= 0.3 is 0 Å². The fourth-order valence-corrected chi connectivity index (χ4v) is 6.94. The molecule has 1 aliphatic heterocycles. The highest BCUT2D eigenvalue weighted by atomic mass is 35.5. The summed E-state index contributed by atoms with van der Waals surface area (Å²) in [5, 5.41) is 4.72. The second kappa shape index (κ2) is 16.9. The molecule has 4 N–H and O–H groups in total. The SMILES string of the molecule is CCCCN(CCCC)C(=O)C(N)=C(Cl)C(C)=Nc1ccc(C(=O)NS(=O)(=O)c2ccc3ccccc3c2)cc1C(=O)N1CNc2ccccc2C1. The van der Waals surface area contributed by atoms with Gasteiger partial charge in [0.05, 0.1) is 33.6 Å². The molecule has 4 aromatic rings. The summed E-state index contributed by atoms with van der Waals surface area (Å²) >= 11 is 6.66. The Balaban J connectivity index is 1.49. The molecule has 3 amide bonds. The van der Waals surface area contributed by atoms with Crippen LogP contribution in [0.15, 0.2) is 106 Å². The number of rotatable bonds is 13. The minimum Gasteiger partial charge on any atom is -0.393 e. The number of nitrogens with two attached hydrogens (primary N) is 1. The lowest BCUT2D eigenvalue weighted by Gasteiger charge is -2.30. The third-order valence-corrected chi connectivity index (χ3v) is 10.6. The lowest BCUT2D eigenvalue weighted by Crippen LogP contribution is -2.38. The van der Waals surface area contributed by atoms with E-state index in [2.05, 4.69) is 15.0 Å². The molecule has 0 aromatic heterocycles. The maximum atomic E-state index is 14.2. The molecular weight excluding hydrogens is 700 g/mol. The van der Waals surface area contributed by atoms with Crippen molar-refractivity contribution in [1.82, 2.24) is 14.5 Å². The number of hydrogen-bond acceptors (Lipinski definition) is 8. The first-order valence-corrected chi connectivity index (χ1v) is 19.1. The highest BCUT2D eigenvalue weighted by molar-refractivity contribution is 7.90. The smallest absolute Gasteiger partial charge is 0.271 e. The number of nitrogens with zero attached hydrogens (tertiary/aromatic N) is 3. The number of para-hydroxylation sites is 1. The van der Waals surface area contributed by atoms with Crippen LogP contribution in [0.25, 0.3) is 10.8 Å². The number of sulfonamides is 1. The first-order chi connectivity index (χ1) is 24.9. The summed E-state index contributed by atoms with van der Waals surface area (Å²) < 4.78 is 28.8. The summed E-state index contributed by atoms with van der Waals surface area (Å²) in [7, 11) is -4.27. The molecule has 13 heteroatoms. The quantitative estimate of drug-likeness (QED) is 0.0993. The van der Waals surface area contributed by atoms with Crippen LogP contribution < -0.4 is 15.8 Å². The van der Waals surface area contributed by atoms with Gasteiger partial charge < -0.3 is 20.9 Å². The van der Waals surface area contributed by atoms with Crippen LogP contribution >= 0.6 is 11.6 Å². The number of unbranched alkanes of at least 4 members (excludes halogenated alkanes) is 2. The molecule has 1 aliphatic rings. The molecule has 0 spiro atoms. The molecule has 0 saturated carbocycles. The third kappa shape index (κ3) is 8.80. The average Bonchev–Trinajstić information content (AvgIpc) is 3.16. The van der Waals surface area contributed by atoms with E-state index in [4.69, 9.17) is 17.3 Å². The zero-order chi connectivity index (χ0) is 37.4. The standard InChI is InChI=1S/C39H43ClN6O5S/c1-4-6-20-45(21-7-5-2)39(49)36(41)35(40)26(3)43-34-19-17-29(23-32(34)38(48)46-24-30-14-10-11-15-33(30)42-25-46)37(47)44-52(50,51)31-18-16-27-12-8-9-13-28(27)22-31/h8-19,22-23,42H,4-7,20-21,24-25,41H2,1-3H3,(H,44,47). The van der Waals surface area contributed by atoms with Gasteiger partial charge in [0.2, 0.25) is 0 Å². The number of hydrogen-bond donors (Lipinski definition) is 3. The predicted octanol–water partition coefficient (Wildman–Crippen LogP) is 6.91. The van der Waals surface area contributed by atoms with Crippen LogP contribution in [0.4, 0.5) is 11.4 Å². The number of amides is 3. The minimum absolute atomic E-state index is 0.0261. The summed E-state index contributed by atoms with van der Waals surface area (Å²) in [6, 6.07) is 23.6. The topological polar surface area (TPSA) is 154 Å². The number of carbonyl (C=O) groups is 3. The van der Waals surface area contributed by atoms with Gasteiger partial charge in [-0.15, -0.1) is 0 Å². The number of nitrogens with one attached hydrogen (secondary N) is 2. The molecule has 0 aliphatic carbocycles. The maximum Gasteiger partial charge on any atom is 0.271 e. The summed E-state index contributed by atoms with van der Waals surface area (Å²) in [5.74, 6) is -1.78. The highest BCUT2D eigenvalue weighted by Gasteiger charge is 2.27. The molecule has 11 nitrogen and oxygen atoms in total. The summed E-state index contributed by atoms with van der Waals surface area (Å²) in [4.78, 5) is 48.8. The summed E-state index contributed by atoms with van der Waals surface area (Å²) in [5.41, 5.74) is 8.23. The molecule has 272 valence electrons. The maximum absolute atomic E-state index is 14.2. The molecule has 0 radical (unpaired) electrons. The molecular formula is C39H43ClN6O5S. The predicted molar refractivity (Wildman–Crippen MR) is 206 cm³/mol. The Morgan fingerprint density at radius 1 is 0.923 bits per heavy atom. The second-order valence-electron chi connectivity index (χ2n) is 12.6. The fraction of sp³-hybridized carbons (Fsp3) is 0.282. The molecule has 0 unspecified atom stereocenters. The van der Waals surface area contributed by atoms with Crippen molar-refractivity contribution in [3.63, 3.8) is 0 Å². The van der Waals surface area contributed by atoms with E-state index in [9.17, 15) is 22.8 Å². The zero-order valence-corrected chi connectivity index (χ0v) is 31.1. The number of carbonyl (C=O) groups excluding carboxylic acids is 3. The number of benzene rings is 4. The lowest BCUT2D eigenvalue weighted by atomic mass is 10.0. The number of halogens is 1. The van der Waals surface area contributed by atoms with Gasteiger partial charge in [0.1, 0.15) is 5.70 Å². The van der Waals surface area contributed by atoms with E-state index in [1.54, 1.807) is 34.9 Å². The van der Waals surface area contributed by atoms with E-state index in [0.717, 1.165) is 42.3 Å². The molecule has 1 heterocycles. The van der Waals surface area contributed by atoms with Crippen LogP contribution in [0, 0.1) is 0 Å². The first-order valence-electron chi connectivity index (χ1n) is 17.2. The number of allylic oxidation sites excluding steroid dienone is 1. The van der Waals surface area contributed by atoms with Gasteiger partial charge in [-0.3, -0.25) is 19.4 Å². The van der Waals surface area contributed by atoms with E-state index >= 15 is 0 Å². The fourth-order valence-electron chi connectivity index (χ4n) is 5.81. The van der Waals surface area contributed by atoms with E-state index in [0.29, 0.717) is 18.5 Å². The van der Waals surface area contributed by atoms with Gasteiger partial charge in [-0.05, 0) is 72.5 Å². The monoisotopic (exact) mass is 742 g/mol. The normalized spacial score (nSPS) is 13.5. The Hall–Kier alpha value is -5.20.